The lowest BCUT2D eigenvalue weighted by Crippen LogP contribution is -2.11. The van der Waals surface area contributed by atoms with Crippen LogP contribution in [0.2, 0.25) is 0 Å². The smallest absolute Gasteiger partial charge is 0.0540 e. The van der Waals surface area contributed by atoms with E-state index in [9.17, 15) is 0 Å². The second-order valence-electron chi connectivity index (χ2n) is 12.5. The molecule has 0 spiro atoms. The van der Waals surface area contributed by atoms with E-state index in [2.05, 4.69) is 205 Å². The third-order valence-electron chi connectivity index (χ3n) is 9.49. The molecule has 0 amide bonds. The first-order valence-electron chi connectivity index (χ1n) is 17.0. The fourth-order valence-corrected chi connectivity index (χ4v) is 8.24. The zero-order chi connectivity index (χ0) is 33.3. The summed E-state index contributed by atoms with van der Waals surface area (Å²) in [5, 5.41) is 2.56. The van der Waals surface area contributed by atoms with E-state index in [4.69, 9.17) is 0 Å². The Morgan fingerprint density at radius 3 is 1.46 bits per heavy atom. The molecule has 9 rings (SSSR count). The molecule has 9 aromatic rings. The second kappa shape index (κ2) is 13.0. The molecule has 1 heterocycles. The lowest BCUT2D eigenvalue weighted by Gasteiger charge is -2.29. The van der Waals surface area contributed by atoms with Crippen molar-refractivity contribution in [2.24, 2.45) is 0 Å². The lowest BCUT2D eigenvalue weighted by molar-refractivity contribution is 1.29. The molecule has 2 heteroatoms. The third-order valence-corrected chi connectivity index (χ3v) is 10.7. The average molecular weight is 656 g/mol. The monoisotopic (exact) mass is 655 g/mol. The van der Waals surface area contributed by atoms with Gasteiger partial charge in [-0.15, -0.1) is 11.3 Å². The second-order valence-corrected chi connectivity index (χ2v) is 13.6. The fraction of sp³-hybridized carbons (Fsp3) is 0. The summed E-state index contributed by atoms with van der Waals surface area (Å²) in [5.41, 5.74) is 13.0. The van der Waals surface area contributed by atoms with Crippen LogP contribution >= 0.6 is 11.3 Å². The number of anilines is 3. The Kier molecular flexibility index (Phi) is 7.77. The highest BCUT2D eigenvalue weighted by Gasteiger charge is 2.21. The first kappa shape index (κ1) is 29.9. The highest BCUT2D eigenvalue weighted by molar-refractivity contribution is 7.26. The van der Waals surface area contributed by atoms with Gasteiger partial charge in [-0.25, -0.2) is 0 Å². The van der Waals surface area contributed by atoms with E-state index in [-0.39, 0.29) is 0 Å². The molecule has 8 aromatic carbocycles. The Balaban J connectivity index is 1.28. The van der Waals surface area contributed by atoms with Gasteiger partial charge >= 0.3 is 0 Å². The maximum absolute atomic E-state index is 2.44. The van der Waals surface area contributed by atoms with Gasteiger partial charge in [-0.1, -0.05) is 164 Å². The summed E-state index contributed by atoms with van der Waals surface area (Å²) in [6.07, 6.45) is 0. The van der Waals surface area contributed by atoms with E-state index >= 15 is 0 Å². The van der Waals surface area contributed by atoms with Crippen LogP contribution in [-0.2, 0) is 0 Å². The van der Waals surface area contributed by atoms with Gasteiger partial charge in [-0.2, -0.15) is 0 Å². The van der Waals surface area contributed by atoms with Crippen LogP contribution in [0.15, 0.2) is 200 Å². The molecule has 0 unspecified atom stereocenters. The molecule has 0 saturated carbocycles. The molecule has 0 saturated heterocycles. The van der Waals surface area contributed by atoms with Crippen molar-refractivity contribution in [3.8, 4) is 44.5 Å². The van der Waals surface area contributed by atoms with Gasteiger partial charge in [0.1, 0.15) is 0 Å². The number of benzene rings is 8. The predicted molar refractivity (Wildman–Crippen MR) is 216 cm³/mol. The van der Waals surface area contributed by atoms with Gasteiger partial charge in [-0.05, 0) is 69.8 Å². The first-order valence-corrected chi connectivity index (χ1v) is 17.8. The molecule has 0 aliphatic carbocycles. The summed E-state index contributed by atoms with van der Waals surface area (Å²) in [6.45, 7) is 0. The molecule has 0 fully saturated rings. The Morgan fingerprint density at radius 1 is 0.320 bits per heavy atom. The molecule has 0 aliphatic rings. The van der Waals surface area contributed by atoms with Crippen molar-refractivity contribution in [1.82, 2.24) is 0 Å². The number of para-hydroxylation sites is 1. The molecule has 1 nitrogen and oxygen atoms in total. The van der Waals surface area contributed by atoms with Crippen LogP contribution in [0.3, 0.4) is 0 Å². The van der Waals surface area contributed by atoms with Gasteiger partial charge in [-0.3, -0.25) is 0 Å². The highest BCUT2D eigenvalue weighted by atomic mass is 32.1. The fourth-order valence-electron chi connectivity index (χ4n) is 7.02. The van der Waals surface area contributed by atoms with Crippen LogP contribution in [0.5, 0.6) is 0 Å². The van der Waals surface area contributed by atoms with E-state index in [1.54, 1.807) is 0 Å². The van der Waals surface area contributed by atoms with Crippen LogP contribution in [0.4, 0.5) is 17.1 Å². The Morgan fingerprint density at radius 2 is 0.800 bits per heavy atom. The highest BCUT2D eigenvalue weighted by Crippen LogP contribution is 2.47. The van der Waals surface area contributed by atoms with E-state index < -0.39 is 0 Å². The zero-order valence-electron chi connectivity index (χ0n) is 27.4. The topological polar surface area (TPSA) is 3.24 Å². The minimum absolute atomic E-state index is 1.11. The molecular weight excluding hydrogens is 623 g/mol. The molecule has 0 radical (unpaired) electrons. The predicted octanol–water partition coefficient (Wildman–Crippen LogP) is 14.2. The van der Waals surface area contributed by atoms with Crippen molar-refractivity contribution in [1.29, 1.82) is 0 Å². The van der Waals surface area contributed by atoms with Crippen LogP contribution in [0.25, 0.3) is 64.7 Å². The minimum atomic E-state index is 1.11. The summed E-state index contributed by atoms with van der Waals surface area (Å²) in [6, 6.07) is 72.3. The molecule has 50 heavy (non-hydrogen) atoms. The van der Waals surface area contributed by atoms with E-state index in [0.29, 0.717) is 0 Å². The summed E-state index contributed by atoms with van der Waals surface area (Å²) >= 11 is 1.88. The third kappa shape index (κ3) is 5.56. The molecule has 0 N–H and O–H groups in total. The van der Waals surface area contributed by atoms with Crippen molar-refractivity contribution in [2.45, 2.75) is 0 Å². The summed E-state index contributed by atoms with van der Waals surface area (Å²) < 4.78 is 2.60. The van der Waals surface area contributed by atoms with Crippen molar-refractivity contribution < 1.29 is 0 Å². The zero-order valence-corrected chi connectivity index (χ0v) is 28.2. The van der Waals surface area contributed by atoms with Crippen LogP contribution in [-0.4, -0.2) is 0 Å². The molecule has 236 valence electrons. The van der Waals surface area contributed by atoms with Crippen molar-refractivity contribution >= 4 is 48.6 Å². The Labute approximate surface area is 297 Å². The number of hydrogen-bond donors (Lipinski definition) is 0. The number of rotatable bonds is 7. The molecule has 1 aromatic heterocycles. The molecule has 0 aliphatic heterocycles. The lowest BCUT2D eigenvalue weighted by atomic mass is 9.97. The van der Waals surface area contributed by atoms with Gasteiger partial charge in [0, 0.05) is 42.7 Å². The van der Waals surface area contributed by atoms with Gasteiger partial charge in [0.2, 0.25) is 0 Å². The summed E-state index contributed by atoms with van der Waals surface area (Å²) in [4.78, 5) is 2.44. The molecular formula is C48H33NS. The largest absolute Gasteiger partial charge is 0.310 e. The Bertz CT molecular complexity index is 2550. The maximum Gasteiger partial charge on any atom is 0.0540 e. The van der Waals surface area contributed by atoms with Crippen molar-refractivity contribution in [3.63, 3.8) is 0 Å². The average Bonchev–Trinajstić information content (AvgIpc) is 3.58. The van der Waals surface area contributed by atoms with E-state index in [1.807, 2.05) is 11.3 Å². The quantitative estimate of drug-likeness (QED) is 0.165. The minimum Gasteiger partial charge on any atom is -0.310 e. The molecule has 0 bridgehead atoms. The molecule has 0 atom stereocenters. The van der Waals surface area contributed by atoms with Crippen LogP contribution in [0, 0.1) is 0 Å². The maximum atomic E-state index is 2.44. The normalized spacial score (nSPS) is 11.2. The number of fused-ring (bicyclic) bond motifs is 3. The number of thiophene rings is 1. The van der Waals surface area contributed by atoms with Gasteiger partial charge in [0.05, 0.1) is 5.69 Å². The number of hydrogen-bond acceptors (Lipinski definition) is 2. The standard InChI is InChI=1S/C48H33NS/c1-4-14-34(15-5-1)36-24-26-39(27-25-36)44-32-41(33-45-43-21-11-13-23-47(43)50-48(44)45)49(40-30-28-37(29-31-40)35-16-6-2-7-17-35)46-22-12-10-20-42(46)38-18-8-3-9-19-38/h1-33H. The van der Waals surface area contributed by atoms with Crippen molar-refractivity contribution in [2.75, 3.05) is 4.90 Å². The first-order chi connectivity index (χ1) is 24.8. The summed E-state index contributed by atoms with van der Waals surface area (Å²) in [5.74, 6) is 0. The van der Waals surface area contributed by atoms with Gasteiger partial charge in [0.15, 0.2) is 0 Å². The summed E-state index contributed by atoms with van der Waals surface area (Å²) in [7, 11) is 0. The van der Waals surface area contributed by atoms with Gasteiger partial charge < -0.3 is 4.90 Å². The SMILES string of the molecule is c1ccc(-c2ccc(-c3cc(N(c4ccc(-c5ccccc5)cc4)c4ccccc4-c4ccccc4)cc4c3sc3ccccc34)cc2)cc1. The van der Waals surface area contributed by atoms with Gasteiger partial charge in [0.25, 0.3) is 0 Å². The van der Waals surface area contributed by atoms with Crippen LogP contribution < -0.4 is 4.90 Å². The van der Waals surface area contributed by atoms with E-state index in [0.717, 1.165) is 17.1 Å². The number of nitrogens with zero attached hydrogens (tertiary/aromatic N) is 1. The van der Waals surface area contributed by atoms with Crippen molar-refractivity contribution in [3.05, 3.63) is 200 Å². The van der Waals surface area contributed by atoms with Crippen LogP contribution in [0.1, 0.15) is 0 Å². The van der Waals surface area contributed by atoms with E-state index in [1.165, 1.54) is 64.7 Å². The Hall–Kier alpha value is -6.22.